The molecule has 0 bridgehead atoms. The average molecular weight is 206 g/mol. The third-order valence-corrected chi connectivity index (χ3v) is 2.33. The molecule has 1 aromatic rings. The van der Waals surface area contributed by atoms with Crippen molar-refractivity contribution < 1.29 is 9.21 Å². The molecular formula is C11H14N2O2. The van der Waals surface area contributed by atoms with Crippen molar-refractivity contribution in [1.29, 1.82) is 5.26 Å². The molecular weight excluding hydrogens is 192 g/mol. The minimum Gasteiger partial charge on any atom is -0.466 e. The van der Waals surface area contributed by atoms with Crippen molar-refractivity contribution in [2.45, 2.75) is 33.7 Å². The second-order valence-corrected chi connectivity index (χ2v) is 3.54. The van der Waals surface area contributed by atoms with Crippen LogP contribution in [0.4, 0.5) is 0 Å². The lowest BCUT2D eigenvalue weighted by molar-refractivity contribution is 0.0946. The highest BCUT2D eigenvalue weighted by Gasteiger charge is 2.19. The van der Waals surface area contributed by atoms with Gasteiger partial charge in [0.15, 0.2) is 0 Å². The summed E-state index contributed by atoms with van der Waals surface area (Å²) in [6, 6.07) is 1.45. The number of nitriles is 1. The van der Waals surface area contributed by atoms with Crippen LogP contribution in [0.5, 0.6) is 0 Å². The van der Waals surface area contributed by atoms with E-state index >= 15 is 0 Å². The van der Waals surface area contributed by atoms with Crippen LogP contribution < -0.4 is 5.32 Å². The maximum absolute atomic E-state index is 11.7. The Hall–Kier alpha value is -1.76. The minimum absolute atomic E-state index is 0.254. The van der Waals surface area contributed by atoms with E-state index in [-0.39, 0.29) is 5.91 Å². The summed E-state index contributed by atoms with van der Waals surface area (Å²) >= 11 is 0. The van der Waals surface area contributed by atoms with Crippen molar-refractivity contribution in [3.05, 3.63) is 22.6 Å². The smallest absolute Gasteiger partial charge is 0.256 e. The quantitative estimate of drug-likeness (QED) is 0.803. The Bertz CT molecular complexity index is 427. The Labute approximate surface area is 88.9 Å². The third kappa shape index (κ3) is 2.18. The van der Waals surface area contributed by atoms with E-state index in [9.17, 15) is 4.79 Å². The Morgan fingerprint density at radius 2 is 2.00 bits per heavy atom. The first kappa shape index (κ1) is 11.3. The fourth-order valence-electron chi connectivity index (χ4n) is 1.43. The van der Waals surface area contributed by atoms with Crippen LogP contribution in [0, 0.1) is 32.1 Å². The zero-order valence-corrected chi connectivity index (χ0v) is 9.34. The Kier molecular flexibility index (Phi) is 3.15. The summed E-state index contributed by atoms with van der Waals surface area (Å²) in [5.74, 6) is 1.07. The van der Waals surface area contributed by atoms with E-state index in [1.807, 2.05) is 19.9 Å². The number of carbonyl (C=O) groups excluding carboxylic acids is 1. The number of nitrogens with zero attached hydrogens (tertiary/aromatic N) is 1. The normalized spacial score (nSPS) is 11.9. The van der Waals surface area contributed by atoms with Crippen molar-refractivity contribution in [2.24, 2.45) is 0 Å². The van der Waals surface area contributed by atoms with Crippen LogP contribution in [0.15, 0.2) is 4.42 Å². The van der Waals surface area contributed by atoms with E-state index in [0.717, 1.165) is 11.3 Å². The Morgan fingerprint density at radius 1 is 1.40 bits per heavy atom. The van der Waals surface area contributed by atoms with Gasteiger partial charge in [0.1, 0.15) is 17.6 Å². The van der Waals surface area contributed by atoms with E-state index in [1.165, 1.54) is 0 Å². The predicted molar refractivity (Wildman–Crippen MR) is 55.5 cm³/mol. The summed E-state index contributed by atoms with van der Waals surface area (Å²) in [5.41, 5.74) is 1.37. The maximum Gasteiger partial charge on any atom is 0.256 e. The zero-order chi connectivity index (χ0) is 11.6. The largest absolute Gasteiger partial charge is 0.466 e. The lowest BCUT2D eigenvalue weighted by Crippen LogP contribution is -2.31. The first-order chi connectivity index (χ1) is 6.97. The van der Waals surface area contributed by atoms with Crippen LogP contribution in [-0.2, 0) is 0 Å². The van der Waals surface area contributed by atoms with Crippen molar-refractivity contribution in [1.82, 2.24) is 5.32 Å². The van der Waals surface area contributed by atoms with Crippen LogP contribution in [0.2, 0.25) is 0 Å². The molecule has 0 aliphatic rings. The molecule has 0 radical (unpaired) electrons. The molecule has 1 rings (SSSR count). The van der Waals surface area contributed by atoms with E-state index < -0.39 is 6.04 Å². The van der Waals surface area contributed by atoms with Crippen molar-refractivity contribution in [2.75, 3.05) is 0 Å². The summed E-state index contributed by atoms with van der Waals surface area (Å²) in [4.78, 5) is 11.7. The van der Waals surface area contributed by atoms with Gasteiger partial charge < -0.3 is 9.73 Å². The molecule has 0 aromatic carbocycles. The van der Waals surface area contributed by atoms with Gasteiger partial charge in [0, 0.05) is 5.56 Å². The molecule has 4 nitrogen and oxygen atoms in total. The molecule has 0 saturated carbocycles. The van der Waals surface area contributed by atoms with Gasteiger partial charge in [-0.2, -0.15) is 5.26 Å². The second kappa shape index (κ2) is 4.18. The topological polar surface area (TPSA) is 66.0 Å². The SMILES string of the molecule is Cc1oc(C)c(C(=O)NC(C)C#N)c1C. The van der Waals surface area contributed by atoms with Gasteiger partial charge in [-0.05, 0) is 27.7 Å². The molecule has 4 heteroatoms. The molecule has 0 aliphatic carbocycles. The van der Waals surface area contributed by atoms with E-state index in [1.54, 1.807) is 13.8 Å². The van der Waals surface area contributed by atoms with Gasteiger partial charge in [-0.1, -0.05) is 0 Å². The molecule has 1 amide bonds. The second-order valence-electron chi connectivity index (χ2n) is 3.54. The van der Waals surface area contributed by atoms with E-state index in [4.69, 9.17) is 9.68 Å². The first-order valence-corrected chi connectivity index (χ1v) is 4.74. The molecule has 0 aliphatic heterocycles. The summed E-state index contributed by atoms with van der Waals surface area (Å²) in [6.45, 7) is 7.02. The highest BCUT2D eigenvalue weighted by molar-refractivity contribution is 5.97. The summed E-state index contributed by atoms with van der Waals surface area (Å²) in [6.07, 6.45) is 0. The summed E-state index contributed by atoms with van der Waals surface area (Å²) in [5, 5.41) is 11.2. The fourth-order valence-corrected chi connectivity index (χ4v) is 1.43. The number of nitrogens with one attached hydrogen (secondary N) is 1. The van der Waals surface area contributed by atoms with Gasteiger partial charge in [-0.3, -0.25) is 4.79 Å². The monoisotopic (exact) mass is 206 g/mol. The molecule has 0 spiro atoms. The minimum atomic E-state index is -0.494. The van der Waals surface area contributed by atoms with Crippen LogP contribution >= 0.6 is 0 Å². The molecule has 80 valence electrons. The highest BCUT2D eigenvalue weighted by atomic mass is 16.3. The van der Waals surface area contributed by atoms with Crippen LogP contribution in [-0.4, -0.2) is 11.9 Å². The predicted octanol–water partition coefficient (Wildman–Crippen LogP) is 1.85. The summed E-state index contributed by atoms with van der Waals surface area (Å²) in [7, 11) is 0. The molecule has 1 N–H and O–H groups in total. The van der Waals surface area contributed by atoms with Crippen molar-refractivity contribution >= 4 is 5.91 Å². The standard InChI is InChI=1S/C11H14N2O2/c1-6(5-12)13-11(14)10-7(2)8(3)15-9(10)4/h6H,1-4H3,(H,13,14). The average Bonchev–Trinajstić information content (AvgIpc) is 2.41. The van der Waals surface area contributed by atoms with Crippen LogP contribution in [0.25, 0.3) is 0 Å². The lowest BCUT2D eigenvalue weighted by Gasteiger charge is -2.05. The van der Waals surface area contributed by atoms with E-state index in [2.05, 4.69) is 5.32 Å². The number of carbonyl (C=O) groups is 1. The Balaban J connectivity index is 2.97. The van der Waals surface area contributed by atoms with Gasteiger partial charge in [0.05, 0.1) is 11.6 Å². The number of aryl methyl sites for hydroxylation is 2. The molecule has 1 heterocycles. The molecule has 1 unspecified atom stereocenters. The first-order valence-electron chi connectivity index (χ1n) is 4.74. The van der Waals surface area contributed by atoms with Crippen molar-refractivity contribution in [3.63, 3.8) is 0 Å². The lowest BCUT2D eigenvalue weighted by atomic mass is 10.1. The van der Waals surface area contributed by atoms with Crippen LogP contribution in [0.1, 0.15) is 34.4 Å². The van der Waals surface area contributed by atoms with Gasteiger partial charge >= 0.3 is 0 Å². The van der Waals surface area contributed by atoms with Crippen molar-refractivity contribution in [3.8, 4) is 6.07 Å². The number of hydrogen-bond acceptors (Lipinski definition) is 3. The number of amides is 1. The van der Waals surface area contributed by atoms with E-state index in [0.29, 0.717) is 11.3 Å². The zero-order valence-electron chi connectivity index (χ0n) is 9.34. The maximum atomic E-state index is 11.7. The summed E-state index contributed by atoms with van der Waals surface area (Å²) < 4.78 is 5.34. The molecule has 15 heavy (non-hydrogen) atoms. The van der Waals surface area contributed by atoms with Gasteiger partial charge in [-0.15, -0.1) is 0 Å². The van der Waals surface area contributed by atoms with Gasteiger partial charge in [0.2, 0.25) is 0 Å². The fraction of sp³-hybridized carbons (Fsp3) is 0.455. The molecule has 1 aromatic heterocycles. The molecule has 0 fully saturated rings. The number of hydrogen-bond donors (Lipinski definition) is 1. The number of rotatable bonds is 2. The van der Waals surface area contributed by atoms with Crippen LogP contribution in [0.3, 0.4) is 0 Å². The van der Waals surface area contributed by atoms with Gasteiger partial charge in [0.25, 0.3) is 5.91 Å². The highest BCUT2D eigenvalue weighted by Crippen LogP contribution is 2.20. The molecule has 1 atom stereocenters. The number of furan rings is 1. The van der Waals surface area contributed by atoms with Gasteiger partial charge in [-0.25, -0.2) is 0 Å². The Morgan fingerprint density at radius 3 is 2.40 bits per heavy atom. The molecule has 0 saturated heterocycles. The third-order valence-electron chi connectivity index (χ3n) is 2.33.